The molecule has 0 radical (unpaired) electrons. The molecule has 5 heteroatoms. The van der Waals surface area contributed by atoms with Crippen molar-refractivity contribution >= 4 is 11.9 Å². The Labute approximate surface area is 125 Å². The van der Waals surface area contributed by atoms with Gasteiger partial charge in [0.2, 0.25) is 0 Å². The van der Waals surface area contributed by atoms with Crippen LogP contribution in [-0.2, 0) is 14.3 Å². The molecule has 0 saturated carbocycles. The average Bonchev–Trinajstić information content (AvgIpc) is 2.37. The summed E-state index contributed by atoms with van der Waals surface area (Å²) < 4.78 is 10.5. The number of hydrogen-bond acceptors (Lipinski definition) is 4. The second-order valence-electron chi connectivity index (χ2n) is 5.04. The highest BCUT2D eigenvalue weighted by atomic mass is 16.6. The van der Waals surface area contributed by atoms with E-state index in [0.29, 0.717) is 12.3 Å². The van der Waals surface area contributed by atoms with Gasteiger partial charge >= 0.3 is 5.97 Å². The zero-order chi connectivity index (χ0) is 16.0. The van der Waals surface area contributed by atoms with Gasteiger partial charge in [0.25, 0.3) is 5.91 Å². The largest absolute Gasteiger partial charge is 0.481 e. The van der Waals surface area contributed by atoms with Crippen LogP contribution in [-0.4, -0.2) is 31.1 Å². The van der Waals surface area contributed by atoms with Crippen LogP contribution < -0.4 is 10.1 Å². The van der Waals surface area contributed by atoms with E-state index in [2.05, 4.69) is 5.32 Å². The van der Waals surface area contributed by atoms with Gasteiger partial charge in [-0.3, -0.25) is 4.79 Å². The lowest BCUT2D eigenvalue weighted by molar-refractivity contribution is -0.156. The Morgan fingerprint density at radius 3 is 2.29 bits per heavy atom. The highest BCUT2D eigenvalue weighted by Gasteiger charge is 2.17. The lowest BCUT2D eigenvalue weighted by Crippen LogP contribution is -2.36. The number of carbonyl (C=O) groups is 2. The third-order valence-electron chi connectivity index (χ3n) is 2.97. The molecule has 0 aliphatic heterocycles. The SMILES string of the molecule is CCNC(=O)[C@H](C)OC(=O)COc1c(C)cc(C)cc1C. The number of ether oxygens (including phenoxy) is 2. The second-order valence-corrected chi connectivity index (χ2v) is 5.04. The van der Waals surface area contributed by atoms with Crippen LogP contribution in [0.4, 0.5) is 0 Å². The molecule has 5 nitrogen and oxygen atoms in total. The molecule has 1 amide bonds. The average molecular weight is 293 g/mol. The highest BCUT2D eigenvalue weighted by Crippen LogP contribution is 2.24. The van der Waals surface area contributed by atoms with E-state index in [1.807, 2.05) is 32.9 Å². The molecule has 21 heavy (non-hydrogen) atoms. The number of rotatable bonds is 6. The maximum Gasteiger partial charge on any atom is 0.344 e. The molecule has 0 aliphatic carbocycles. The molecule has 116 valence electrons. The molecule has 0 heterocycles. The minimum absolute atomic E-state index is 0.214. The van der Waals surface area contributed by atoms with Crippen LogP contribution in [0, 0.1) is 20.8 Å². The Morgan fingerprint density at radius 1 is 1.19 bits per heavy atom. The van der Waals surface area contributed by atoms with Crippen molar-refractivity contribution in [3.05, 3.63) is 28.8 Å². The Hall–Kier alpha value is -2.04. The summed E-state index contributed by atoms with van der Waals surface area (Å²) in [5.41, 5.74) is 3.08. The van der Waals surface area contributed by atoms with E-state index < -0.39 is 12.1 Å². The van der Waals surface area contributed by atoms with Crippen molar-refractivity contribution in [3.63, 3.8) is 0 Å². The first-order chi connectivity index (χ1) is 9.85. The topological polar surface area (TPSA) is 64.6 Å². The molecule has 1 N–H and O–H groups in total. The van der Waals surface area contributed by atoms with Crippen molar-refractivity contribution in [1.29, 1.82) is 0 Å². The molecule has 0 aliphatic rings. The van der Waals surface area contributed by atoms with E-state index in [4.69, 9.17) is 9.47 Å². The Balaban J connectivity index is 2.56. The molecule has 1 rings (SSSR count). The van der Waals surface area contributed by atoms with Crippen molar-refractivity contribution in [3.8, 4) is 5.75 Å². The number of nitrogens with one attached hydrogen (secondary N) is 1. The van der Waals surface area contributed by atoms with E-state index in [0.717, 1.165) is 16.7 Å². The molecule has 1 atom stereocenters. The summed E-state index contributed by atoms with van der Waals surface area (Å²) in [5, 5.41) is 2.59. The van der Waals surface area contributed by atoms with Gasteiger partial charge in [-0.2, -0.15) is 0 Å². The van der Waals surface area contributed by atoms with E-state index in [1.54, 1.807) is 6.92 Å². The summed E-state index contributed by atoms with van der Waals surface area (Å²) in [4.78, 5) is 23.2. The van der Waals surface area contributed by atoms with Crippen LogP contribution in [0.1, 0.15) is 30.5 Å². The summed E-state index contributed by atoms with van der Waals surface area (Å²) in [5.74, 6) is -0.190. The van der Waals surface area contributed by atoms with Gasteiger partial charge in [0, 0.05) is 6.54 Å². The summed E-state index contributed by atoms with van der Waals surface area (Å²) in [6, 6.07) is 3.98. The van der Waals surface area contributed by atoms with E-state index in [1.165, 1.54) is 6.92 Å². The summed E-state index contributed by atoms with van der Waals surface area (Å²) in [6.07, 6.45) is -0.818. The van der Waals surface area contributed by atoms with Crippen LogP contribution in [0.25, 0.3) is 0 Å². The number of hydrogen-bond donors (Lipinski definition) is 1. The molecule has 0 spiro atoms. The quantitative estimate of drug-likeness (QED) is 0.815. The number of likely N-dealkylation sites (N-methyl/N-ethyl adjacent to an activating group) is 1. The first-order valence-electron chi connectivity index (χ1n) is 7.03. The number of benzene rings is 1. The molecule has 0 saturated heterocycles. The van der Waals surface area contributed by atoms with Crippen LogP contribution in [0.3, 0.4) is 0 Å². The van der Waals surface area contributed by atoms with Gasteiger partial charge in [0.15, 0.2) is 12.7 Å². The highest BCUT2D eigenvalue weighted by molar-refractivity contribution is 5.83. The lowest BCUT2D eigenvalue weighted by Gasteiger charge is -2.15. The second kappa shape index (κ2) is 7.67. The third-order valence-corrected chi connectivity index (χ3v) is 2.97. The fourth-order valence-electron chi connectivity index (χ4n) is 2.13. The maximum absolute atomic E-state index is 11.7. The fourth-order valence-corrected chi connectivity index (χ4v) is 2.13. The monoisotopic (exact) mass is 293 g/mol. The normalized spacial score (nSPS) is 11.7. The van der Waals surface area contributed by atoms with E-state index in [-0.39, 0.29) is 12.5 Å². The van der Waals surface area contributed by atoms with Crippen molar-refractivity contribution in [1.82, 2.24) is 5.32 Å². The van der Waals surface area contributed by atoms with Gasteiger partial charge in [-0.25, -0.2) is 4.79 Å². The molecule has 1 aromatic rings. The Bertz CT molecular complexity index is 502. The number of carbonyl (C=O) groups excluding carboxylic acids is 2. The molecule has 0 unspecified atom stereocenters. The lowest BCUT2D eigenvalue weighted by atomic mass is 10.1. The summed E-state index contributed by atoms with van der Waals surface area (Å²) in [7, 11) is 0. The minimum atomic E-state index is -0.818. The molecular formula is C16H23NO4. The van der Waals surface area contributed by atoms with Gasteiger partial charge < -0.3 is 14.8 Å². The maximum atomic E-state index is 11.7. The first kappa shape index (κ1) is 17.0. The predicted octanol–water partition coefficient (Wildman–Crippen LogP) is 2.06. The molecule has 0 bridgehead atoms. The Morgan fingerprint density at radius 2 is 1.76 bits per heavy atom. The van der Waals surface area contributed by atoms with Crippen molar-refractivity contribution < 1.29 is 19.1 Å². The molecular weight excluding hydrogens is 270 g/mol. The fraction of sp³-hybridized carbons (Fsp3) is 0.500. The first-order valence-corrected chi connectivity index (χ1v) is 7.03. The number of aryl methyl sites for hydroxylation is 3. The standard InChI is InChI=1S/C16H23NO4/c1-6-17-16(19)13(5)21-14(18)9-20-15-11(3)7-10(2)8-12(15)4/h7-8,13H,6,9H2,1-5H3,(H,17,19)/t13-/m0/s1. The van der Waals surface area contributed by atoms with Crippen molar-refractivity contribution in [2.75, 3.05) is 13.2 Å². The molecule has 0 fully saturated rings. The van der Waals surface area contributed by atoms with Gasteiger partial charge in [-0.1, -0.05) is 17.7 Å². The molecule has 0 aromatic heterocycles. The van der Waals surface area contributed by atoms with E-state index in [9.17, 15) is 9.59 Å². The zero-order valence-electron chi connectivity index (χ0n) is 13.3. The van der Waals surface area contributed by atoms with Crippen LogP contribution >= 0.6 is 0 Å². The number of amides is 1. The van der Waals surface area contributed by atoms with Gasteiger partial charge in [0.05, 0.1) is 0 Å². The van der Waals surface area contributed by atoms with Crippen LogP contribution in [0.15, 0.2) is 12.1 Å². The summed E-state index contributed by atoms with van der Waals surface area (Å²) >= 11 is 0. The van der Waals surface area contributed by atoms with Gasteiger partial charge in [-0.15, -0.1) is 0 Å². The van der Waals surface area contributed by atoms with Gasteiger partial charge in [-0.05, 0) is 45.7 Å². The van der Waals surface area contributed by atoms with Gasteiger partial charge in [0.1, 0.15) is 5.75 Å². The minimum Gasteiger partial charge on any atom is -0.481 e. The zero-order valence-corrected chi connectivity index (χ0v) is 13.3. The Kier molecular flexibility index (Phi) is 6.21. The van der Waals surface area contributed by atoms with E-state index >= 15 is 0 Å². The number of esters is 1. The van der Waals surface area contributed by atoms with Crippen molar-refractivity contribution in [2.24, 2.45) is 0 Å². The third kappa shape index (κ3) is 5.10. The molecule has 1 aromatic carbocycles. The van der Waals surface area contributed by atoms with Crippen LogP contribution in [0.5, 0.6) is 5.75 Å². The predicted molar refractivity (Wildman–Crippen MR) is 80.4 cm³/mol. The van der Waals surface area contributed by atoms with Crippen LogP contribution in [0.2, 0.25) is 0 Å². The smallest absolute Gasteiger partial charge is 0.344 e. The summed E-state index contributed by atoms with van der Waals surface area (Å²) in [6.45, 7) is 9.49. The van der Waals surface area contributed by atoms with Crippen molar-refractivity contribution in [2.45, 2.75) is 40.7 Å².